The zero-order valence-corrected chi connectivity index (χ0v) is 10.9. The Bertz CT molecular complexity index is 263. The SMILES string of the molecule is CNC1CCC(C2CCOC3(CCOC3)C2)C1. The number of hydrogen-bond acceptors (Lipinski definition) is 3. The van der Waals surface area contributed by atoms with Gasteiger partial charge in [-0.05, 0) is 51.0 Å². The van der Waals surface area contributed by atoms with Gasteiger partial charge in [0.2, 0.25) is 0 Å². The number of nitrogens with one attached hydrogen (secondary N) is 1. The number of ether oxygens (including phenoxy) is 2. The average Bonchev–Trinajstić information content (AvgIpc) is 2.99. The Morgan fingerprint density at radius 2 is 2.06 bits per heavy atom. The molecule has 4 atom stereocenters. The summed E-state index contributed by atoms with van der Waals surface area (Å²) < 4.78 is 11.6. The average molecular weight is 239 g/mol. The highest BCUT2D eigenvalue weighted by molar-refractivity contribution is 4.94. The molecular formula is C14H25NO2. The van der Waals surface area contributed by atoms with E-state index in [0.29, 0.717) is 0 Å². The summed E-state index contributed by atoms with van der Waals surface area (Å²) in [6, 6.07) is 0.763. The molecule has 1 saturated carbocycles. The van der Waals surface area contributed by atoms with Gasteiger partial charge in [-0.2, -0.15) is 0 Å². The van der Waals surface area contributed by atoms with Gasteiger partial charge >= 0.3 is 0 Å². The summed E-state index contributed by atoms with van der Waals surface area (Å²) in [5, 5.41) is 3.44. The standard InChI is InChI=1S/C14H25NO2/c1-15-13-3-2-11(8-13)12-4-6-17-14(9-12)5-7-16-10-14/h11-13,15H,2-10H2,1H3. The van der Waals surface area contributed by atoms with E-state index in [9.17, 15) is 0 Å². The lowest BCUT2D eigenvalue weighted by molar-refractivity contribution is -0.106. The molecule has 3 fully saturated rings. The molecule has 0 radical (unpaired) electrons. The molecule has 98 valence electrons. The number of rotatable bonds is 2. The molecule has 0 aromatic heterocycles. The molecule has 0 amide bonds. The maximum absolute atomic E-state index is 6.03. The van der Waals surface area contributed by atoms with Crippen molar-refractivity contribution in [2.24, 2.45) is 11.8 Å². The summed E-state index contributed by atoms with van der Waals surface area (Å²) >= 11 is 0. The van der Waals surface area contributed by atoms with Crippen LogP contribution < -0.4 is 5.32 Å². The predicted octanol–water partition coefficient (Wildman–Crippen LogP) is 1.96. The summed E-state index contributed by atoms with van der Waals surface area (Å²) in [5.74, 6) is 1.80. The minimum Gasteiger partial charge on any atom is -0.378 e. The zero-order chi connectivity index (χ0) is 11.7. The van der Waals surface area contributed by atoms with Gasteiger partial charge in [0.25, 0.3) is 0 Å². The summed E-state index contributed by atoms with van der Waals surface area (Å²) in [7, 11) is 2.10. The van der Waals surface area contributed by atoms with Crippen LogP contribution in [0.4, 0.5) is 0 Å². The highest BCUT2D eigenvalue weighted by Crippen LogP contribution is 2.43. The maximum atomic E-state index is 6.03. The Hall–Kier alpha value is -0.120. The van der Waals surface area contributed by atoms with Crippen molar-refractivity contribution in [1.29, 1.82) is 0 Å². The van der Waals surface area contributed by atoms with Crippen LogP contribution in [-0.2, 0) is 9.47 Å². The minimum absolute atomic E-state index is 0.0979. The first-order valence-electron chi connectivity index (χ1n) is 7.20. The second-order valence-electron chi connectivity index (χ2n) is 6.15. The minimum atomic E-state index is 0.0979. The van der Waals surface area contributed by atoms with E-state index in [2.05, 4.69) is 12.4 Å². The fourth-order valence-electron chi connectivity index (χ4n) is 4.04. The Balaban J connectivity index is 1.60. The van der Waals surface area contributed by atoms with Crippen molar-refractivity contribution in [3.8, 4) is 0 Å². The lowest BCUT2D eigenvalue weighted by Gasteiger charge is -2.39. The molecular weight excluding hydrogens is 214 g/mol. The molecule has 17 heavy (non-hydrogen) atoms. The van der Waals surface area contributed by atoms with Gasteiger partial charge in [-0.3, -0.25) is 0 Å². The van der Waals surface area contributed by atoms with Crippen LogP contribution in [0.1, 0.15) is 38.5 Å². The third-order valence-electron chi connectivity index (χ3n) is 5.15. The van der Waals surface area contributed by atoms with Crippen LogP contribution >= 0.6 is 0 Å². The van der Waals surface area contributed by atoms with Crippen LogP contribution in [0.2, 0.25) is 0 Å². The third-order valence-corrected chi connectivity index (χ3v) is 5.15. The molecule has 3 heteroatoms. The van der Waals surface area contributed by atoms with Crippen LogP contribution in [0.5, 0.6) is 0 Å². The van der Waals surface area contributed by atoms with Gasteiger partial charge in [0.1, 0.15) is 0 Å². The molecule has 3 nitrogen and oxygen atoms in total. The van der Waals surface area contributed by atoms with E-state index in [0.717, 1.165) is 44.1 Å². The highest BCUT2D eigenvalue weighted by atomic mass is 16.6. The first-order valence-corrected chi connectivity index (χ1v) is 7.20. The molecule has 2 aliphatic heterocycles. The van der Waals surface area contributed by atoms with Crippen molar-refractivity contribution in [1.82, 2.24) is 5.32 Å². The molecule has 0 bridgehead atoms. The van der Waals surface area contributed by atoms with Crippen molar-refractivity contribution in [3.05, 3.63) is 0 Å². The van der Waals surface area contributed by atoms with Gasteiger partial charge < -0.3 is 14.8 Å². The monoisotopic (exact) mass is 239 g/mol. The maximum Gasteiger partial charge on any atom is 0.0939 e. The Morgan fingerprint density at radius 1 is 1.12 bits per heavy atom. The van der Waals surface area contributed by atoms with Crippen molar-refractivity contribution < 1.29 is 9.47 Å². The quantitative estimate of drug-likeness (QED) is 0.799. The fraction of sp³-hybridized carbons (Fsp3) is 1.00. The van der Waals surface area contributed by atoms with Crippen molar-refractivity contribution in [2.75, 3.05) is 26.9 Å². The van der Waals surface area contributed by atoms with Gasteiger partial charge in [-0.25, -0.2) is 0 Å². The molecule has 0 aromatic rings. The Kier molecular flexibility index (Phi) is 3.42. The normalized spacial score (nSPS) is 46.8. The molecule has 3 aliphatic rings. The molecule has 1 aliphatic carbocycles. The van der Waals surface area contributed by atoms with E-state index in [-0.39, 0.29) is 5.60 Å². The van der Waals surface area contributed by atoms with E-state index >= 15 is 0 Å². The van der Waals surface area contributed by atoms with E-state index in [4.69, 9.17) is 9.47 Å². The van der Waals surface area contributed by atoms with Crippen LogP contribution in [0.25, 0.3) is 0 Å². The second kappa shape index (κ2) is 4.87. The van der Waals surface area contributed by atoms with Crippen molar-refractivity contribution in [2.45, 2.75) is 50.2 Å². The van der Waals surface area contributed by atoms with E-state index in [1.807, 2.05) is 0 Å². The predicted molar refractivity (Wildman–Crippen MR) is 67.0 cm³/mol. The Morgan fingerprint density at radius 3 is 2.76 bits per heavy atom. The number of hydrogen-bond donors (Lipinski definition) is 1. The highest BCUT2D eigenvalue weighted by Gasteiger charge is 2.43. The van der Waals surface area contributed by atoms with Gasteiger partial charge in [0.15, 0.2) is 0 Å². The molecule has 2 saturated heterocycles. The van der Waals surface area contributed by atoms with Gasteiger partial charge in [0, 0.05) is 25.7 Å². The van der Waals surface area contributed by atoms with Crippen LogP contribution in [0, 0.1) is 11.8 Å². The van der Waals surface area contributed by atoms with Gasteiger partial charge in [0.05, 0.1) is 12.2 Å². The second-order valence-corrected chi connectivity index (χ2v) is 6.15. The largest absolute Gasteiger partial charge is 0.378 e. The van der Waals surface area contributed by atoms with Crippen molar-refractivity contribution in [3.63, 3.8) is 0 Å². The Labute approximate surface area is 104 Å². The smallest absolute Gasteiger partial charge is 0.0939 e. The molecule has 3 rings (SSSR count). The lowest BCUT2D eigenvalue weighted by Crippen LogP contribution is -2.42. The molecule has 2 heterocycles. The van der Waals surface area contributed by atoms with Crippen LogP contribution in [-0.4, -0.2) is 38.5 Å². The zero-order valence-electron chi connectivity index (χ0n) is 10.9. The first-order chi connectivity index (χ1) is 8.31. The summed E-state index contributed by atoms with van der Waals surface area (Å²) in [6.45, 7) is 2.69. The van der Waals surface area contributed by atoms with E-state index in [1.54, 1.807) is 0 Å². The van der Waals surface area contributed by atoms with Crippen LogP contribution in [0.3, 0.4) is 0 Å². The molecule has 1 N–H and O–H groups in total. The van der Waals surface area contributed by atoms with Gasteiger partial charge in [-0.15, -0.1) is 0 Å². The lowest BCUT2D eigenvalue weighted by atomic mass is 9.77. The third kappa shape index (κ3) is 2.38. The molecule has 0 aromatic carbocycles. The molecule has 1 spiro atoms. The van der Waals surface area contributed by atoms with E-state index < -0.39 is 0 Å². The summed E-state index contributed by atoms with van der Waals surface area (Å²) in [6.07, 6.45) is 7.77. The molecule has 4 unspecified atom stereocenters. The topological polar surface area (TPSA) is 30.5 Å². The summed E-state index contributed by atoms with van der Waals surface area (Å²) in [5.41, 5.74) is 0.0979. The van der Waals surface area contributed by atoms with Gasteiger partial charge in [-0.1, -0.05) is 0 Å². The van der Waals surface area contributed by atoms with Crippen LogP contribution in [0.15, 0.2) is 0 Å². The fourth-order valence-corrected chi connectivity index (χ4v) is 4.04. The first kappa shape index (κ1) is 11.9. The summed E-state index contributed by atoms with van der Waals surface area (Å²) in [4.78, 5) is 0. The van der Waals surface area contributed by atoms with Crippen molar-refractivity contribution >= 4 is 0 Å². The van der Waals surface area contributed by atoms with E-state index in [1.165, 1.54) is 32.1 Å².